The minimum atomic E-state index is -0.328. The first kappa shape index (κ1) is 13.0. The van der Waals surface area contributed by atoms with E-state index in [0.717, 1.165) is 10.0 Å². The fourth-order valence-corrected chi connectivity index (χ4v) is 1.74. The van der Waals surface area contributed by atoms with E-state index in [2.05, 4.69) is 26.6 Å². The van der Waals surface area contributed by atoms with E-state index in [1.807, 2.05) is 25.1 Å². The second kappa shape index (κ2) is 5.86. The average molecular weight is 287 g/mol. The maximum absolute atomic E-state index is 11.5. The molecule has 2 amide bonds. The minimum Gasteiger partial charge on any atom is -0.394 e. The van der Waals surface area contributed by atoms with Crippen LogP contribution < -0.4 is 10.6 Å². The van der Waals surface area contributed by atoms with Gasteiger partial charge in [-0.05, 0) is 47.5 Å². The lowest BCUT2D eigenvalue weighted by molar-refractivity contribution is 0.229. The Morgan fingerprint density at radius 1 is 1.56 bits per heavy atom. The second-order valence-electron chi connectivity index (χ2n) is 3.67. The SMILES string of the molecule is Cc1ccc(NC(=O)NC(C)CO)c(Br)c1. The first-order valence-electron chi connectivity index (χ1n) is 4.97. The van der Waals surface area contributed by atoms with Crippen LogP contribution in [0.3, 0.4) is 0 Å². The molecule has 0 bridgehead atoms. The van der Waals surface area contributed by atoms with Crippen molar-refractivity contribution < 1.29 is 9.90 Å². The van der Waals surface area contributed by atoms with E-state index in [-0.39, 0.29) is 18.7 Å². The number of carbonyl (C=O) groups excluding carboxylic acids is 1. The molecule has 0 saturated heterocycles. The van der Waals surface area contributed by atoms with Crippen LogP contribution in [0.1, 0.15) is 12.5 Å². The molecule has 1 aromatic rings. The number of amides is 2. The number of hydrogen-bond donors (Lipinski definition) is 3. The molecule has 0 aliphatic heterocycles. The Hall–Kier alpha value is -1.07. The van der Waals surface area contributed by atoms with Crippen LogP contribution in [0.15, 0.2) is 22.7 Å². The molecule has 0 aromatic heterocycles. The van der Waals surface area contributed by atoms with Crippen molar-refractivity contribution in [3.63, 3.8) is 0 Å². The normalized spacial score (nSPS) is 12.0. The maximum Gasteiger partial charge on any atom is 0.319 e. The summed E-state index contributed by atoms with van der Waals surface area (Å²) in [7, 11) is 0. The summed E-state index contributed by atoms with van der Waals surface area (Å²) in [5, 5.41) is 14.1. The third-order valence-electron chi connectivity index (χ3n) is 2.02. The van der Waals surface area contributed by atoms with E-state index < -0.39 is 0 Å². The van der Waals surface area contributed by atoms with Gasteiger partial charge in [0, 0.05) is 4.47 Å². The first-order chi connectivity index (χ1) is 7.52. The molecule has 88 valence electrons. The van der Waals surface area contributed by atoms with E-state index in [1.54, 1.807) is 6.92 Å². The van der Waals surface area contributed by atoms with Crippen molar-refractivity contribution in [2.75, 3.05) is 11.9 Å². The number of halogens is 1. The average Bonchev–Trinajstić information content (AvgIpc) is 2.22. The first-order valence-corrected chi connectivity index (χ1v) is 5.76. The van der Waals surface area contributed by atoms with Crippen LogP contribution in [-0.2, 0) is 0 Å². The van der Waals surface area contributed by atoms with Crippen LogP contribution >= 0.6 is 15.9 Å². The third-order valence-corrected chi connectivity index (χ3v) is 2.68. The second-order valence-corrected chi connectivity index (χ2v) is 4.52. The van der Waals surface area contributed by atoms with Gasteiger partial charge >= 0.3 is 6.03 Å². The Kier molecular flexibility index (Phi) is 4.76. The predicted molar refractivity (Wildman–Crippen MR) is 67.6 cm³/mol. The quantitative estimate of drug-likeness (QED) is 0.798. The number of hydrogen-bond acceptors (Lipinski definition) is 2. The van der Waals surface area contributed by atoms with Crippen molar-refractivity contribution in [1.29, 1.82) is 0 Å². The molecule has 0 radical (unpaired) electrons. The van der Waals surface area contributed by atoms with Gasteiger partial charge in [0.2, 0.25) is 0 Å². The monoisotopic (exact) mass is 286 g/mol. The summed E-state index contributed by atoms with van der Waals surface area (Å²) in [6, 6.07) is 5.07. The highest BCUT2D eigenvalue weighted by molar-refractivity contribution is 9.10. The van der Waals surface area contributed by atoms with Gasteiger partial charge in [-0.1, -0.05) is 6.07 Å². The van der Waals surface area contributed by atoms with Crippen molar-refractivity contribution >= 4 is 27.6 Å². The number of aliphatic hydroxyl groups is 1. The van der Waals surface area contributed by atoms with Gasteiger partial charge in [0.15, 0.2) is 0 Å². The number of aliphatic hydroxyl groups excluding tert-OH is 1. The van der Waals surface area contributed by atoms with Crippen molar-refractivity contribution in [2.24, 2.45) is 0 Å². The number of aryl methyl sites for hydroxylation is 1. The lowest BCUT2D eigenvalue weighted by Crippen LogP contribution is -2.38. The van der Waals surface area contributed by atoms with Crippen molar-refractivity contribution in [2.45, 2.75) is 19.9 Å². The Morgan fingerprint density at radius 2 is 2.25 bits per heavy atom. The lowest BCUT2D eigenvalue weighted by atomic mass is 10.2. The molecule has 0 aliphatic carbocycles. The standard InChI is InChI=1S/C11H15BrN2O2/c1-7-3-4-10(9(12)5-7)14-11(16)13-8(2)6-15/h3-5,8,15H,6H2,1-2H3,(H2,13,14,16). The van der Waals surface area contributed by atoms with E-state index in [1.165, 1.54) is 0 Å². The summed E-state index contributed by atoms with van der Waals surface area (Å²) in [5.41, 5.74) is 1.81. The Bertz CT molecular complexity index is 382. The van der Waals surface area contributed by atoms with Gasteiger partial charge in [0.05, 0.1) is 18.3 Å². The number of carbonyl (C=O) groups is 1. The molecule has 0 fully saturated rings. The van der Waals surface area contributed by atoms with Gasteiger partial charge in [-0.15, -0.1) is 0 Å². The van der Waals surface area contributed by atoms with Gasteiger partial charge in [-0.25, -0.2) is 4.79 Å². The van der Waals surface area contributed by atoms with Crippen LogP contribution in [0, 0.1) is 6.92 Å². The highest BCUT2D eigenvalue weighted by Gasteiger charge is 2.07. The summed E-state index contributed by atoms with van der Waals surface area (Å²) in [6.07, 6.45) is 0. The highest BCUT2D eigenvalue weighted by Crippen LogP contribution is 2.23. The van der Waals surface area contributed by atoms with E-state index in [9.17, 15) is 4.79 Å². The van der Waals surface area contributed by atoms with E-state index in [4.69, 9.17) is 5.11 Å². The summed E-state index contributed by atoms with van der Waals surface area (Å²) in [4.78, 5) is 11.5. The Morgan fingerprint density at radius 3 is 2.81 bits per heavy atom. The van der Waals surface area contributed by atoms with Crippen LogP contribution in [-0.4, -0.2) is 23.8 Å². The summed E-state index contributed by atoms with van der Waals surface area (Å²) in [5.74, 6) is 0. The van der Waals surface area contributed by atoms with Crippen LogP contribution in [0.4, 0.5) is 10.5 Å². The predicted octanol–water partition coefficient (Wildman–Crippen LogP) is 2.26. The van der Waals surface area contributed by atoms with Gasteiger partial charge in [-0.3, -0.25) is 0 Å². The molecule has 16 heavy (non-hydrogen) atoms. The number of rotatable bonds is 3. The van der Waals surface area contributed by atoms with Gasteiger partial charge < -0.3 is 15.7 Å². The number of anilines is 1. The molecular formula is C11H15BrN2O2. The molecule has 1 aromatic carbocycles. The molecule has 0 aliphatic rings. The number of nitrogens with one attached hydrogen (secondary N) is 2. The summed E-state index contributed by atoms with van der Waals surface area (Å²) < 4.78 is 0.833. The zero-order chi connectivity index (χ0) is 12.1. The largest absolute Gasteiger partial charge is 0.394 e. The number of urea groups is 1. The molecule has 1 rings (SSSR count). The third kappa shape index (κ3) is 3.83. The molecular weight excluding hydrogens is 272 g/mol. The summed E-state index contributed by atoms with van der Waals surface area (Å²) >= 11 is 3.37. The molecule has 3 N–H and O–H groups in total. The van der Waals surface area contributed by atoms with Gasteiger partial charge in [-0.2, -0.15) is 0 Å². The number of benzene rings is 1. The van der Waals surface area contributed by atoms with Gasteiger partial charge in [0.1, 0.15) is 0 Å². The molecule has 0 heterocycles. The van der Waals surface area contributed by atoms with E-state index in [0.29, 0.717) is 5.69 Å². The zero-order valence-electron chi connectivity index (χ0n) is 9.25. The lowest BCUT2D eigenvalue weighted by Gasteiger charge is -2.13. The maximum atomic E-state index is 11.5. The minimum absolute atomic E-state index is 0.0809. The molecule has 1 unspecified atom stereocenters. The molecule has 4 nitrogen and oxygen atoms in total. The highest BCUT2D eigenvalue weighted by atomic mass is 79.9. The molecule has 1 atom stereocenters. The molecule has 0 saturated carbocycles. The van der Waals surface area contributed by atoms with Crippen molar-refractivity contribution in [3.8, 4) is 0 Å². The zero-order valence-corrected chi connectivity index (χ0v) is 10.8. The molecule has 0 spiro atoms. The molecule has 5 heteroatoms. The van der Waals surface area contributed by atoms with Crippen molar-refractivity contribution in [3.05, 3.63) is 28.2 Å². The topological polar surface area (TPSA) is 61.4 Å². The van der Waals surface area contributed by atoms with Crippen molar-refractivity contribution in [1.82, 2.24) is 5.32 Å². The fourth-order valence-electron chi connectivity index (χ4n) is 1.15. The van der Waals surface area contributed by atoms with Crippen LogP contribution in [0.5, 0.6) is 0 Å². The smallest absolute Gasteiger partial charge is 0.319 e. The van der Waals surface area contributed by atoms with Gasteiger partial charge in [0.25, 0.3) is 0 Å². The van der Waals surface area contributed by atoms with E-state index >= 15 is 0 Å². The van der Waals surface area contributed by atoms with Crippen LogP contribution in [0.2, 0.25) is 0 Å². The Labute approximate surface area is 103 Å². The fraction of sp³-hybridized carbons (Fsp3) is 0.364. The Balaban J connectivity index is 2.63. The van der Waals surface area contributed by atoms with Crippen LogP contribution in [0.25, 0.3) is 0 Å². The summed E-state index contributed by atoms with van der Waals surface area (Å²) in [6.45, 7) is 3.62.